The van der Waals surface area contributed by atoms with Crippen LogP contribution in [0.5, 0.6) is 5.75 Å². The highest BCUT2D eigenvalue weighted by Crippen LogP contribution is 2.24. The van der Waals surface area contributed by atoms with Gasteiger partial charge in [-0.05, 0) is 35.9 Å². The van der Waals surface area contributed by atoms with Crippen LogP contribution in [0.25, 0.3) is 0 Å². The molecule has 0 spiro atoms. The van der Waals surface area contributed by atoms with Crippen molar-refractivity contribution in [1.82, 2.24) is 0 Å². The summed E-state index contributed by atoms with van der Waals surface area (Å²) in [7, 11) is 1.49. The molecule has 5 heteroatoms. The Kier molecular flexibility index (Phi) is 4.81. The Morgan fingerprint density at radius 1 is 1.29 bits per heavy atom. The molecule has 1 amide bonds. The van der Waals surface area contributed by atoms with Crippen LogP contribution < -0.4 is 10.1 Å². The van der Waals surface area contributed by atoms with Crippen molar-refractivity contribution in [3.8, 4) is 11.8 Å². The molecule has 0 saturated heterocycles. The molecule has 0 heterocycles. The standard InChI is InChI=1S/C16H13ClN2O2/c1-21-15-10-12(17)4-7-14(15)16(20)19-13-5-2-11(3-6-13)8-9-18/h2-7,10H,8H2,1H3,(H,19,20). The first kappa shape index (κ1) is 14.9. The van der Waals surface area contributed by atoms with Gasteiger partial charge in [0.2, 0.25) is 0 Å². The topological polar surface area (TPSA) is 62.1 Å². The first-order valence-electron chi connectivity index (χ1n) is 6.25. The van der Waals surface area contributed by atoms with Gasteiger partial charge in [-0.1, -0.05) is 23.7 Å². The van der Waals surface area contributed by atoms with Gasteiger partial charge in [0.15, 0.2) is 0 Å². The second-order valence-electron chi connectivity index (χ2n) is 4.33. The number of carbonyl (C=O) groups is 1. The fourth-order valence-electron chi connectivity index (χ4n) is 1.85. The Morgan fingerprint density at radius 3 is 2.62 bits per heavy atom. The minimum absolute atomic E-state index is 0.281. The second kappa shape index (κ2) is 6.78. The van der Waals surface area contributed by atoms with Crippen LogP contribution in [0.1, 0.15) is 15.9 Å². The van der Waals surface area contributed by atoms with E-state index in [-0.39, 0.29) is 5.91 Å². The van der Waals surface area contributed by atoms with E-state index in [0.717, 1.165) is 5.56 Å². The maximum absolute atomic E-state index is 12.2. The Balaban J connectivity index is 2.16. The number of halogens is 1. The fraction of sp³-hybridized carbons (Fsp3) is 0.125. The van der Waals surface area contributed by atoms with Gasteiger partial charge in [0.05, 0.1) is 25.2 Å². The first-order valence-corrected chi connectivity index (χ1v) is 6.62. The van der Waals surface area contributed by atoms with Crippen molar-refractivity contribution in [3.63, 3.8) is 0 Å². The number of nitrogens with one attached hydrogen (secondary N) is 1. The lowest BCUT2D eigenvalue weighted by Crippen LogP contribution is -2.13. The van der Waals surface area contributed by atoms with E-state index >= 15 is 0 Å². The number of carbonyl (C=O) groups excluding carboxylic acids is 1. The van der Waals surface area contributed by atoms with Crippen molar-refractivity contribution in [3.05, 3.63) is 58.6 Å². The van der Waals surface area contributed by atoms with Crippen LogP contribution in [0.15, 0.2) is 42.5 Å². The Morgan fingerprint density at radius 2 is 2.00 bits per heavy atom. The molecule has 0 saturated carbocycles. The van der Waals surface area contributed by atoms with E-state index in [1.54, 1.807) is 42.5 Å². The summed E-state index contributed by atoms with van der Waals surface area (Å²) in [4.78, 5) is 12.2. The molecule has 0 aliphatic rings. The van der Waals surface area contributed by atoms with E-state index in [1.165, 1.54) is 7.11 Å². The van der Waals surface area contributed by atoms with Crippen LogP contribution in [-0.2, 0) is 6.42 Å². The quantitative estimate of drug-likeness (QED) is 0.937. The molecule has 4 nitrogen and oxygen atoms in total. The maximum Gasteiger partial charge on any atom is 0.259 e. The molecule has 0 atom stereocenters. The summed E-state index contributed by atoms with van der Waals surface area (Å²) in [6.07, 6.45) is 0.346. The Labute approximate surface area is 127 Å². The van der Waals surface area contributed by atoms with Gasteiger partial charge in [-0.15, -0.1) is 0 Å². The molecule has 0 aliphatic heterocycles. The van der Waals surface area contributed by atoms with Gasteiger partial charge in [0.1, 0.15) is 5.75 Å². The van der Waals surface area contributed by atoms with Gasteiger partial charge in [-0.3, -0.25) is 4.79 Å². The van der Waals surface area contributed by atoms with Gasteiger partial charge in [-0.25, -0.2) is 0 Å². The molecule has 0 bridgehead atoms. The number of methoxy groups -OCH3 is 1. The molecule has 0 radical (unpaired) electrons. The van der Waals surface area contributed by atoms with E-state index in [9.17, 15) is 4.79 Å². The number of hydrogen-bond acceptors (Lipinski definition) is 3. The molecule has 106 valence electrons. The van der Waals surface area contributed by atoms with Gasteiger partial charge in [0, 0.05) is 10.7 Å². The van der Waals surface area contributed by atoms with Gasteiger partial charge >= 0.3 is 0 Å². The van der Waals surface area contributed by atoms with E-state index in [0.29, 0.717) is 28.4 Å². The smallest absolute Gasteiger partial charge is 0.259 e. The highest BCUT2D eigenvalue weighted by molar-refractivity contribution is 6.31. The minimum Gasteiger partial charge on any atom is -0.496 e. The third-order valence-electron chi connectivity index (χ3n) is 2.90. The third-order valence-corrected chi connectivity index (χ3v) is 3.14. The summed E-state index contributed by atoms with van der Waals surface area (Å²) in [5.41, 5.74) is 1.96. The molecule has 0 unspecified atom stereocenters. The van der Waals surface area contributed by atoms with Crippen LogP contribution in [0, 0.1) is 11.3 Å². The molecular formula is C16H13ClN2O2. The number of nitrogens with zero attached hydrogens (tertiary/aromatic N) is 1. The van der Waals surface area contributed by atoms with Crippen LogP contribution in [-0.4, -0.2) is 13.0 Å². The predicted molar refractivity (Wildman–Crippen MR) is 81.7 cm³/mol. The molecule has 0 fully saturated rings. The van der Waals surface area contributed by atoms with Crippen LogP contribution >= 0.6 is 11.6 Å². The van der Waals surface area contributed by atoms with Crippen molar-refractivity contribution in [2.24, 2.45) is 0 Å². The molecule has 2 rings (SSSR count). The number of amides is 1. The third kappa shape index (κ3) is 3.74. The number of ether oxygens (including phenoxy) is 1. The highest BCUT2D eigenvalue weighted by Gasteiger charge is 2.12. The fourth-order valence-corrected chi connectivity index (χ4v) is 2.01. The van der Waals surface area contributed by atoms with Crippen molar-refractivity contribution < 1.29 is 9.53 Å². The number of rotatable bonds is 4. The molecule has 2 aromatic rings. The van der Waals surface area contributed by atoms with E-state index in [1.807, 2.05) is 0 Å². The molecule has 1 N–H and O–H groups in total. The summed E-state index contributed by atoms with van der Waals surface area (Å²) < 4.78 is 5.15. The number of anilines is 1. The maximum atomic E-state index is 12.2. The lowest BCUT2D eigenvalue weighted by atomic mass is 10.1. The molecular weight excluding hydrogens is 288 g/mol. The van der Waals surface area contributed by atoms with E-state index in [2.05, 4.69) is 11.4 Å². The molecule has 21 heavy (non-hydrogen) atoms. The highest BCUT2D eigenvalue weighted by atomic mass is 35.5. The van der Waals surface area contributed by atoms with Crippen LogP contribution in [0.3, 0.4) is 0 Å². The summed E-state index contributed by atoms with van der Waals surface area (Å²) in [6, 6.07) is 14.0. The summed E-state index contributed by atoms with van der Waals surface area (Å²) in [6.45, 7) is 0. The van der Waals surface area contributed by atoms with Crippen molar-refractivity contribution in [1.29, 1.82) is 5.26 Å². The largest absolute Gasteiger partial charge is 0.496 e. The lowest BCUT2D eigenvalue weighted by molar-refractivity contribution is 0.102. The zero-order valence-electron chi connectivity index (χ0n) is 11.4. The zero-order valence-corrected chi connectivity index (χ0v) is 12.1. The summed E-state index contributed by atoms with van der Waals surface area (Å²) in [5, 5.41) is 11.9. The average Bonchev–Trinajstić information content (AvgIpc) is 2.49. The normalized spacial score (nSPS) is 9.76. The zero-order chi connectivity index (χ0) is 15.2. The molecule has 0 aliphatic carbocycles. The van der Waals surface area contributed by atoms with Crippen molar-refractivity contribution >= 4 is 23.2 Å². The minimum atomic E-state index is -0.281. The van der Waals surface area contributed by atoms with Crippen molar-refractivity contribution in [2.75, 3.05) is 12.4 Å². The monoisotopic (exact) mass is 300 g/mol. The van der Waals surface area contributed by atoms with Gasteiger partial charge in [-0.2, -0.15) is 5.26 Å². The van der Waals surface area contributed by atoms with E-state index in [4.69, 9.17) is 21.6 Å². The lowest BCUT2D eigenvalue weighted by Gasteiger charge is -2.10. The number of hydrogen-bond donors (Lipinski definition) is 1. The van der Waals surface area contributed by atoms with Crippen LogP contribution in [0.2, 0.25) is 5.02 Å². The second-order valence-corrected chi connectivity index (χ2v) is 4.77. The van der Waals surface area contributed by atoms with Crippen LogP contribution in [0.4, 0.5) is 5.69 Å². The Hall–Kier alpha value is -2.51. The Bertz CT molecular complexity index is 690. The number of nitriles is 1. The summed E-state index contributed by atoms with van der Waals surface area (Å²) in [5.74, 6) is 0.137. The first-order chi connectivity index (χ1) is 10.1. The summed E-state index contributed by atoms with van der Waals surface area (Å²) >= 11 is 5.87. The van der Waals surface area contributed by atoms with E-state index < -0.39 is 0 Å². The average molecular weight is 301 g/mol. The number of benzene rings is 2. The van der Waals surface area contributed by atoms with Gasteiger partial charge in [0.25, 0.3) is 5.91 Å². The van der Waals surface area contributed by atoms with Crippen molar-refractivity contribution in [2.45, 2.75) is 6.42 Å². The SMILES string of the molecule is COc1cc(Cl)ccc1C(=O)Nc1ccc(CC#N)cc1. The predicted octanol–water partition coefficient (Wildman–Crippen LogP) is 3.67. The molecule has 2 aromatic carbocycles. The van der Waals surface area contributed by atoms with Gasteiger partial charge < -0.3 is 10.1 Å². The molecule has 0 aromatic heterocycles.